The molecule has 0 fully saturated rings. The standard InChI is InChI=1S/C17H18BrClO2/c1-2-20-16-11-14(12-19)10-15(18)17(16)21-9-8-13-6-4-3-5-7-13/h3-7,10-11H,2,8-9,12H2,1H3. The van der Waals surface area contributed by atoms with Crippen LogP contribution in [-0.4, -0.2) is 13.2 Å². The van der Waals surface area contributed by atoms with Crippen LogP contribution >= 0.6 is 27.5 Å². The van der Waals surface area contributed by atoms with Gasteiger partial charge in [0.1, 0.15) is 0 Å². The van der Waals surface area contributed by atoms with E-state index in [1.807, 2.05) is 37.3 Å². The van der Waals surface area contributed by atoms with Gasteiger partial charge >= 0.3 is 0 Å². The summed E-state index contributed by atoms with van der Waals surface area (Å²) in [5, 5.41) is 0. The van der Waals surface area contributed by atoms with Crippen molar-refractivity contribution in [1.82, 2.24) is 0 Å². The second-order valence-corrected chi connectivity index (χ2v) is 5.68. The number of halogens is 2. The molecule has 2 nitrogen and oxygen atoms in total. The van der Waals surface area contributed by atoms with E-state index in [-0.39, 0.29) is 0 Å². The minimum absolute atomic E-state index is 0.447. The van der Waals surface area contributed by atoms with E-state index in [9.17, 15) is 0 Å². The molecule has 0 aromatic heterocycles. The molecule has 21 heavy (non-hydrogen) atoms. The van der Waals surface area contributed by atoms with Crippen LogP contribution in [0.25, 0.3) is 0 Å². The molecule has 4 heteroatoms. The van der Waals surface area contributed by atoms with Gasteiger partial charge in [0.2, 0.25) is 0 Å². The van der Waals surface area contributed by atoms with E-state index < -0.39 is 0 Å². The van der Waals surface area contributed by atoms with E-state index in [0.29, 0.717) is 19.1 Å². The molecule has 2 rings (SSSR count). The van der Waals surface area contributed by atoms with Crippen molar-refractivity contribution in [2.45, 2.75) is 19.2 Å². The van der Waals surface area contributed by atoms with Crippen LogP contribution in [0, 0.1) is 0 Å². The molecule has 0 unspecified atom stereocenters. The number of hydrogen-bond acceptors (Lipinski definition) is 2. The monoisotopic (exact) mass is 368 g/mol. The molecule has 0 radical (unpaired) electrons. The van der Waals surface area contributed by atoms with E-state index in [0.717, 1.165) is 28.0 Å². The molecular formula is C17H18BrClO2. The van der Waals surface area contributed by atoms with Gasteiger partial charge in [-0.2, -0.15) is 0 Å². The fourth-order valence-electron chi connectivity index (χ4n) is 2.02. The molecule has 0 heterocycles. The highest BCUT2D eigenvalue weighted by atomic mass is 79.9. The normalized spacial score (nSPS) is 10.4. The van der Waals surface area contributed by atoms with Crippen LogP contribution in [0.2, 0.25) is 0 Å². The Morgan fingerprint density at radius 1 is 1.05 bits per heavy atom. The van der Waals surface area contributed by atoms with E-state index in [4.69, 9.17) is 21.1 Å². The van der Waals surface area contributed by atoms with Crippen LogP contribution in [0.3, 0.4) is 0 Å². The van der Waals surface area contributed by atoms with E-state index >= 15 is 0 Å². The Bertz CT molecular complexity index is 573. The highest BCUT2D eigenvalue weighted by Gasteiger charge is 2.12. The molecule has 2 aromatic carbocycles. The van der Waals surface area contributed by atoms with Gasteiger partial charge in [-0.15, -0.1) is 11.6 Å². The van der Waals surface area contributed by atoms with Gasteiger partial charge in [-0.1, -0.05) is 30.3 Å². The average Bonchev–Trinajstić information content (AvgIpc) is 2.51. The Balaban J connectivity index is 2.07. The van der Waals surface area contributed by atoms with Crippen LogP contribution in [-0.2, 0) is 12.3 Å². The summed E-state index contributed by atoms with van der Waals surface area (Å²) in [5.41, 5.74) is 2.26. The van der Waals surface area contributed by atoms with Crippen LogP contribution in [0.4, 0.5) is 0 Å². The van der Waals surface area contributed by atoms with Gasteiger partial charge in [0.05, 0.1) is 17.7 Å². The number of ether oxygens (including phenoxy) is 2. The Morgan fingerprint density at radius 2 is 1.81 bits per heavy atom. The molecule has 0 saturated carbocycles. The lowest BCUT2D eigenvalue weighted by Crippen LogP contribution is -2.04. The molecule has 0 saturated heterocycles. The van der Waals surface area contributed by atoms with Crippen LogP contribution in [0.1, 0.15) is 18.1 Å². The predicted octanol–water partition coefficient (Wildman–Crippen LogP) is 5.21. The van der Waals surface area contributed by atoms with Gasteiger partial charge in [-0.05, 0) is 46.1 Å². The Kier molecular flexibility index (Phi) is 6.40. The highest BCUT2D eigenvalue weighted by molar-refractivity contribution is 9.10. The summed E-state index contributed by atoms with van der Waals surface area (Å²) in [4.78, 5) is 0. The molecule has 0 bridgehead atoms. The molecule has 0 spiro atoms. The summed E-state index contributed by atoms with van der Waals surface area (Å²) in [6.45, 7) is 3.14. The van der Waals surface area contributed by atoms with Crippen molar-refractivity contribution < 1.29 is 9.47 Å². The van der Waals surface area contributed by atoms with Gasteiger partial charge < -0.3 is 9.47 Å². The fraction of sp³-hybridized carbons (Fsp3) is 0.294. The van der Waals surface area contributed by atoms with Crippen molar-refractivity contribution >= 4 is 27.5 Å². The summed E-state index contributed by atoms with van der Waals surface area (Å²) < 4.78 is 12.4. The summed E-state index contributed by atoms with van der Waals surface area (Å²) in [6.07, 6.45) is 0.857. The van der Waals surface area contributed by atoms with E-state index in [1.165, 1.54) is 5.56 Å². The predicted molar refractivity (Wildman–Crippen MR) is 90.5 cm³/mol. The molecule has 0 aliphatic rings. The Morgan fingerprint density at radius 3 is 2.48 bits per heavy atom. The molecule has 0 atom stereocenters. The average molecular weight is 370 g/mol. The smallest absolute Gasteiger partial charge is 0.175 e. The third kappa shape index (κ3) is 4.65. The van der Waals surface area contributed by atoms with Gasteiger partial charge in [0.25, 0.3) is 0 Å². The first-order valence-corrected chi connectivity index (χ1v) is 8.25. The number of alkyl halides is 1. The van der Waals surface area contributed by atoms with Crippen LogP contribution < -0.4 is 9.47 Å². The largest absolute Gasteiger partial charge is 0.490 e. The van der Waals surface area contributed by atoms with Crippen molar-refractivity contribution in [1.29, 1.82) is 0 Å². The lowest BCUT2D eigenvalue weighted by Gasteiger charge is -2.15. The summed E-state index contributed by atoms with van der Waals surface area (Å²) in [7, 11) is 0. The van der Waals surface area contributed by atoms with Crippen molar-refractivity contribution in [2.24, 2.45) is 0 Å². The van der Waals surface area contributed by atoms with Crippen molar-refractivity contribution in [2.75, 3.05) is 13.2 Å². The minimum atomic E-state index is 0.447. The maximum Gasteiger partial charge on any atom is 0.175 e. The molecular weight excluding hydrogens is 352 g/mol. The van der Waals surface area contributed by atoms with Crippen LogP contribution in [0.5, 0.6) is 11.5 Å². The molecule has 2 aromatic rings. The zero-order valence-electron chi connectivity index (χ0n) is 11.9. The first kappa shape index (κ1) is 16.2. The van der Waals surface area contributed by atoms with Crippen molar-refractivity contribution in [3.63, 3.8) is 0 Å². The lowest BCUT2D eigenvalue weighted by molar-refractivity contribution is 0.277. The molecule has 0 aliphatic carbocycles. The zero-order valence-corrected chi connectivity index (χ0v) is 14.3. The molecule has 0 N–H and O–H groups in total. The minimum Gasteiger partial charge on any atom is -0.490 e. The third-order valence-corrected chi connectivity index (χ3v) is 3.90. The lowest BCUT2D eigenvalue weighted by atomic mass is 10.2. The number of benzene rings is 2. The Hall–Kier alpha value is -1.19. The Labute approximate surface area is 139 Å². The second-order valence-electron chi connectivity index (χ2n) is 4.56. The third-order valence-electron chi connectivity index (χ3n) is 3.00. The van der Waals surface area contributed by atoms with Gasteiger partial charge in [0.15, 0.2) is 11.5 Å². The van der Waals surface area contributed by atoms with E-state index in [2.05, 4.69) is 28.1 Å². The molecule has 112 valence electrons. The quantitative estimate of drug-likeness (QED) is 0.624. The topological polar surface area (TPSA) is 18.5 Å². The maximum atomic E-state index is 5.91. The van der Waals surface area contributed by atoms with Gasteiger partial charge in [-0.3, -0.25) is 0 Å². The molecule has 0 aliphatic heterocycles. The first-order chi connectivity index (χ1) is 10.2. The first-order valence-electron chi connectivity index (χ1n) is 6.92. The van der Waals surface area contributed by atoms with Crippen LogP contribution in [0.15, 0.2) is 46.9 Å². The second kappa shape index (κ2) is 8.30. The van der Waals surface area contributed by atoms with Gasteiger partial charge in [0, 0.05) is 12.3 Å². The summed E-state index contributed by atoms with van der Waals surface area (Å²) in [5.74, 6) is 1.92. The summed E-state index contributed by atoms with van der Waals surface area (Å²) >= 11 is 9.42. The van der Waals surface area contributed by atoms with Gasteiger partial charge in [-0.25, -0.2) is 0 Å². The van der Waals surface area contributed by atoms with Crippen molar-refractivity contribution in [3.05, 3.63) is 58.1 Å². The zero-order chi connectivity index (χ0) is 15.1. The van der Waals surface area contributed by atoms with Crippen molar-refractivity contribution in [3.8, 4) is 11.5 Å². The van der Waals surface area contributed by atoms with E-state index in [1.54, 1.807) is 0 Å². The fourth-order valence-corrected chi connectivity index (χ4v) is 2.78. The summed E-state index contributed by atoms with van der Waals surface area (Å²) in [6, 6.07) is 14.2. The SMILES string of the molecule is CCOc1cc(CCl)cc(Br)c1OCCc1ccccc1. The number of hydrogen-bond donors (Lipinski definition) is 0. The number of rotatable bonds is 7. The maximum absolute atomic E-state index is 5.91. The molecule has 0 amide bonds. The highest BCUT2D eigenvalue weighted by Crippen LogP contribution is 2.37.